The first kappa shape index (κ1) is 21.8. The highest BCUT2D eigenvalue weighted by atomic mass is 32.2. The molecule has 0 atom stereocenters. The molecular formula is C23H23N3O5S. The molecule has 9 heteroatoms. The summed E-state index contributed by atoms with van der Waals surface area (Å²) in [5.74, 6) is 0.575. The summed E-state index contributed by atoms with van der Waals surface area (Å²) in [4.78, 5) is 20.9. The number of unbranched alkanes of at least 4 members (excludes halogenated alkanes) is 2. The maximum absolute atomic E-state index is 12.1. The van der Waals surface area contributed by atoms with Crippen molar-refractivity contribution >= 4 is 21.8 Å². The molecule has 1 N–H and O–H groups in total. The predicted octanol–water partition coefficient (Wildman–Crippen LogP) is 3.68. The Hall–Kier alpha value is -3.46. The van der Waals surface area contributed by atoms with Crippen LogP contribution in [0.5, 0.6) is 0 Å². The maximum Gasteiger partial charge on any atom is 0.306 e. The molecule has 2 aromatic carbocycles. The lowest BCUT2D eigenvalue weighted by Gasteiger charge is -2.03. The Bertz CT molecular complexity index is 1220. The largest absolute Gasteiger partial charge is 0.459 e. The minimum atomic E-state index is -3.51. The van der Waals surface area contributed by atoms with Crippen molar-refractivity contribution in [1.82, 2.24) is 9.71 Å². The normalized spacial score (nSPS) is 15.3. The Balaban J connectivity index is 1.15. The zero-order valence-corrected chi connectivity index (χ0v) is 18.2. The second-order valence-electron chi connectivity index (χ2n) is 7.31. The van der Waals surface area contributed by atoms with E-state index < -0.39 is 10.0 Å². The van der Waals surface area contributed by atoms with Gasteiger partial charge in [0.15, 0.2) is 0 Å². The third kappa shape index (κ3) is 5.23. The number of sulfonamides is 1. The van der Waals surface area contributed by atoms with Gasteiger partial charge in [0.2, 0.25) is 5.89 Å². The number of hydrogen-bond acceptors (Lipinski definition) is 7. The highest BCUT2D eigenvalue weighted by molar-refractivity contribution is 7.90. The molecule has 4 rings (SSSR count). The molecule has 3 aromatic rings. The van der Waals surface area contributed by atoms with E-state index in [1.165, 1.54) is 6.26 Å². The van der Waals surface area contributed by atoms with E-state index in [1.54, 1.807) is 24.3 Å². The van der Waals surface area contributed by atoms with Crippen LogP contribution in [-0.4, -0.2) is 31.8 Å². The average Bonchev–Trinajstić information content (AvgIpc) is 3.38. The molecule has 2 heterocycles. The average molecular weight is 454 g/mol. The third-order valence-electron chi connectivity index (χ3n) is 4.93. The molecule has 0 unspecified atom stereocenters. The zero-order chi connectivity index (χ0) is 22.4. The van der Waals surface area contributed by atoms with Crippen LogP contribution in [0.3, 0.4) is 0 Å². The van der Waals surface area contributed by atoms with Crippen LogP contribution in [0.25, 0.3) is 11.5 Å². The number of rotatable bonds is 9. The Morgan fingerprint density at radius 2 is 1.81 bits per heavy atom. The molecule has 1 aliphatic rings. The predicted molar refractivity (Wildman–Crippen MR) is 118 cm³/mol. The molecule has 166 valence electrons. The molecule has 0 saturated heterocycles. The molecule has 8 nitrogen and oxygen atoms in total. The number of hydrogen-bond donors (Lipinski definition) is 1. The Morgan fingerprint density at radius 3 is 2.66 bits per heavy atom. The number of carbonyl (C=O) groups is 1. The number of oxazole rings is 1. The first-order valence-corrected chi connectivity index (χ1v) is 11.8. The number of esters is 1. The van der Waals surface area contributed by atoms with E-state index in [1.807, 2.05) is 30.3 Å². The van der Waals surface area contributed by atoms with Crippen LogP contribution in [0.2, 0.25) is 0 Å². The van der Waals surface area contributed by atoms with Crippen molar-refractivity contribution in [3.05, 3.63) is 72.1 Å². The monoisotopic (exact) mass is 453 g/mol. The quantitative estimate of drug-likeness (QED) is 0.391. The number of amidine groups is 1. The van der Waals surface area contributed by atoms with Gasteiger partial charge >= 0.3 is 5.97 Å². The number of fused-ring (bicyclic) bond motifs is 1. The molecule has 32 heavy (non-hydrogen) atoms. The molecule has 0 radical (unpaired) electrons. The SMILES string of the molecule is O=C(CCCCCN=C1NS(=O)(=O)c2ccccc21)OCc1coc(-c2ccccc2)n1. The van der Waals surface area contributed by atoms with Gasteiger partial charge < -0.3 is 9.15 Å². The lowest BCUT2D eigenvalue weighted by Crippen LogP contribution is -2.22. The summed E-state index contributed by atoms with van der Waals surface area (Å²) in [5, 5.41) is 0. The van der Waals surface area contributed by atoms with Crippen LogP contribution in [-0.2, 0) is 26.2 Å². The summed E-state index contributed by atoms with van der Waals surface area (Å²) >= 11 is 0. The summed E-state index contributed by atoms with van der Waals surface area (Å²) in [6, 6.07) is 16.3. The van der Waals surface area contributed by atoms with Crippen molar-refractivity contribution in [3.63, 3.8) is 0 Å². The molecule has 0 aliphatic carbocycles. The second-order valence-corrected chi connectivity index (χ2v) is 8.96. The molecule has 1 aliphatic heterocycles. The lowest BCUT2D eigenvalue weighted by molar-refractivity contribution is -0.145. The van der Waals surface area contributed by atoms with E-state index in [0.717, 1.165) is 18.4 Å². The number of nitrogens with one attached hydrogen (secondary N) is 1. The van der Waals surface area contributed by atoms with Gasteiger partial charge in [-0.15, -0.1) is 0 Å². The van der Waals surface area contributed by atoms with Crippen LogP contribution in [0.15, 0.2) is 75.2 Å². The zero-order valence-electron chi connectivity index (χ0n) is 17.4. The number of aliphatic imine (C=N–C) groups is 1. The van der Waals surface area contributed by atoms with Gasteiger partial charge in [0.25, 0.3) is 10.0 Å². The van der Waals surface area contributed by atoms with Gasteiger partial charge in [0.1, 0.15) is 24.4 Å². The highest BCUT2D eigenvalue weighted by Gasteiger charge is 2.29. The van der Waals surface area contributed by atoms with Crippen molar-refractivity contribution in [2.24, 2.45) is 4.99 Å². The van der Waals surface area contributed by atoms with Gasteiger partial charge in [-0.3, -0.25) is 14.5 Å². The van der Waals surface area contributed by atoms with Gasteiger partial charge in [0, 0.05) is 24.1 Å². The lowest BCUT2D eigenvalue weighted by atomic mass is 10.2. The fourth-order valence-electron chi connectivity index (χ4n) is 3.31. The van der Waals surface area contributed by atoms with Gasteiger partial charge in [-0.1, -0.05) is 36.8 Å². The molecule has 1 aromatic heterocycles. The maximum atomic E-state index is 12.1. The van der Waals surface area contributed by atoms with Crippen LogP contribution in [0.4, 0.5) is 0 Å². The molecule has 0 bridgehead atoms. The summed E-state index contributed by atoms with van der Waals surface area (Å²) < 4.78 is 37.3. The minimum absolute atomic E-state index is 0.0718. The molecule has 0 spiro atoms. The van der Waals surface area contributed by atoms with Crippen LogP contribution >= 0.6 is 0 Å². The summed E-state index contributed by atoms with van der Waals surface area (Å²) in [5.41, 5.74) is 2.02. The van der Waals surface area contributed by atoms with E-state index >= 15 is 0 Å². The van der Waals surface area contributed by atoms with Gasteiger partial charge in [0.05, 0.1) is 4.90 Å². The van der Waals surface area contributed by atoms with Crippen molar-refractivity contribution in [2.75, 3.05) is 6.54 Å². The Kier molecular flexibility index (Phi) is 6.65. The smallest absolute Gasteiger partial charge is 0.306 e. The fourth-order valence-corrected chi connectivity index (χ4v) is 4.56. The standard InChI is InChI=1S/C23H23N3O5S/c27-21(30-15-18-16-31-23(25-18)17-9-3-1-4-10-17)13-5-2-8-14-24-22-19-11-6-7-12-20(19)32(28,29)26-22/h1,3-4,6-7,9-12,16H,2,5,8,13-15H2,(H,24,26). The summed E-state index contributed by atoms with van der Waals surface area (Å²) in [6.45, 7) is 0.546. The highest BCUT2D eigenvalue weighted by Crippen LogP contribution is 2.22. The van der Waals surface area contributed by atoms with Crippen molar-refractivity contribution < 1.29 is 22.4 Å². The number of nitrogens with zero attached hydrogens (tertiary/aromatic N) is 2. The van der Waals surface area contributed by atoms with E-state index in [9.17, 15) is 13.2 Å². The van der Waals surface area contributed by atoms with E-state index in [2.05, 4.69) is 14.7 Å². The second kappa shape index (κ2) is 9.78. The molecule has 0 amide bonds. The number of aromatic nitrogens is 1. The fraction of sp³-hybridized carbons (Fsp3) is 0.261. The number of benzene rings is 2. The third-order valence-corrected chi connectivity index (χ3v) is 6.32. The van der Waals surface area contributed by atoms with Gasteiger partial charge in [-0.2, -0.15) is 0 Å². The molecule has 0 fully saturated rings. The Labute approximate surface area is 186 Å². The van der Waals surface area contributed by atoms with Gasteiger partial charge in [-0.25, -0.2) is 13.4 Å². The Morgan fingerprint density at radius 1 is 1.03 bits per heavy atom. The van der Waals surface area contributed by atoms with Crippen LogP contribution in [0.1, 0.15) is 36.9 Å². The van der Waals surface area contributed by atoms with E-state index in [-0.39, 0.29) is 17.5 Å². The topological polar surface area (TPSA) is 111 Å². The molecule has 0 saturated carbocycles. The van der Waals surface area contributed by atoms with Crippen LogP contribution < -0.4 is 4.72 Å². The minimum Gasteiger partial charge on any atom is -0.459 e. The van der Waals surface area contributed by atoms with Crippen molar-refractivity contribution in [1.29, 1.82) is 0 Å². The van der Waals surface area contributed by atoms with Crippen LogP contribution in [0, 0.1) is 0 Å². The number of carbonyl (C=O) groups excluding carboxylic acids is 1. The van der Waals surface area contributed by atoms with Crippen molar-refractivity contribution in [2.45, 2.75) is 37.2 Å². The van der Waals surface area contributed by atoms with E-state index in [0.29, 0.717) is 42.4 Å². The summed E-state index contributed by atoms with van der Waals surface area (Å²) in [6.07, 6.45) is 3.98. The number of ether oxygens (including phenoxy) is 1. The first-order chi connectivity index (χ1) is 15.5. The first-order valence-electron chi connectivity index (χ1n) is 10.3. The van der Waals surface area contributed by atoms with E-state index in [4.69, 9.17) is 9.15 Å². The molecular weight excluding hydrogens is 430 g/mol. The van der Waals surface area contributed by atoms with Crippen molar-refractivity contribution in [3.8, 4) is 11.5 Å². The summed E-state index contributed by atoms with van der Waals surface area (Å²) in [7, 11) is -3.51. The van der Waals surface area contributed by atoms with Gasteiger partial charge in [-0.05, 0) is 37.1 Å².